The van der Waals surface area contributed by atoms with Crippen LogP contribution in [0.1, 0.15) is 39.0 Å². The van der Waals surface area contributed by atoms with Crippen LogP contribution in [0.15, 0.2) is 47.5 Å². The maximum atomic E-state index is 5.91. The predicted molar refractivity (Wildman–Crippen MR) is 107 cm³/mol. The van der Waals surface area contributed by atoms with Gasteiger partial charge in [-0.3, -0.25) is 0 Å². The maximum absolute atomic E-state index is 5.91. The lowest BCUT2D eigenvalue weighted by molar-refractivity contribution is 1.25. The van der Waals surface area contributed by atoms with Gasteiger partial charge < -0.3 is 4.98 Å². The Morgan fingerprint density at radius 3 is 2.09 bits per heavy atom. The van der Waals surface area contributed by atoms with E-state index in [1.165, 1.54) is 5.56 Å². The molecule has 0 unspecified atom stereocenters. The first kappa shape index (κ1) is 21.6. The molecule has 0 bridgehead atoms. The fourth-order valence-electron chi connectivity index (χ4n) is 1.69. The molecule has 3 rings (SSSR count). The number of halogens is 1. The third-order valence-corrected chi connectivity index (χ3v) is 3.56. The molecule has 4 heteroatoms. The number of aromatic amines is 1. The van der Waals surface area contributed by atoms with E-state index < -0.39 is 0 Å². The second-order valence-electron chi connectivity index (χ2n) is 4.29. The lowest BCUT2D eigenvalue weighted by atomic mass is 10.2. The van der Waals surface area contributed by atoms with E-state index in [2.05, 4.69) is 22.6 Å². The molecule has 0 radical (unpaired) electrons. The van der Waals surface area contributed by atoms with Crippen molar-refractivity contribution in [1.82, 2.24) is 9.97 Å². The molecule has 2 heterocycles. The summed E-state index contributed by atoms with van der Waals surface area (Å²) in [5, 5.41) is 1.74. The number of nitrogens with one attached hydrogen (secondary N) is 1. The minimum Gasteiger partial charge on any atom is -0.344 e. The van der Waals surface area contributed by atoms with E-state index in [-0.39, 0.29) is 0 Å². The Balaban J connectivity index is 0.000000358. The van der Waals surface area contributed by atoms with Gasteiger partial charge in [0.2, 0.25) is 0 Å². The van der Waals surface area contributed by atoms with Crippen molar-refractivity contribution in [2.24, 2.45) is 0 Å². The van der Waals surface area contributed by atoms with Crippen LogP contribution in [0.5, 0.6) is 0 Å². The van der Waals surface area contributed by atoms with Crippen LogP contribution in [0.2, 0.25) is 5.02 Å². The number of H-pyrrole nitrogens is 1. The average Bonchev–Trinajstić information content (AvgIpc) is 2.97. The first-order chi connectivity index (χ1) is 11.1. The minimum absolute atomic E-state index is 0.749. The van der Waals surface area contributed by atoms with E-state index in [4.69, 9.17) is 11.6 Å². The molecule has 126 valence electrons. The normalized spacial score (nSPS) is 8.87. The van der Waals surface area contributed by atoms with Crippen LogP contribution in [-0.2, 0) is 0 Å². The number of fused-ring (bicyclic) bond motifs is 1. The van der Waals surface area contributed by atoms with Crippen LogP contribution in [0.3, 0.4) is 0 Å². The highest BCUT2D eigenvalue weighted by Gasteiger charge is 2.00. The van der Waals surface area contributed by atoms with Crippen molar-refractivity contribution in [3.8, 4) is 0 Å². The summed E-state index contributed by atoms with van der Waals surface area (Å²) < 4.78 is 0. The fourth-order valence-corrected chi connectivity index (χ4v) is 2.05. The highest BCUT2D eigenvalue weighted by atomic mass is 35.5. The zero-order chi connectivity index (χ0) is 17.8. The first-order valence-electron chi connectivity index (χ1n) is 7.92. The first-order valence-corrected chi connectivity index (χ1v) is 8.75. The van der Waals surface area contributed by atoms with E-state index in [0.29, 0.717) is 0 Å². The fraction of sp³-hybridized carbons (Fsp3) is 0.316. The van der Waals surface area contributed by atoms with Gasteiger partial charge in [0.05, 0.1) is 5.02 Å². The quantitative estimate of drug-likeness (QED) is 0.426. The van der Waals surface area contributed by atoms with Crippen LogP contribution in [0, 0.1) is 13.8 Å². The zero-order valence-corrected chi connectivity index (χ0v) is 16.5. The monoisotopic (exact) mass is 350 g/mol. The van der Waals surface area contributed by atoms with Crippen LogP contribution in [0.4, 0.5) is 0 Å². The average molecular weight is 351 g/mol. The van der Waals surface area contributed by atoms with Crippen molar-refractivity contribution in [2.45, 2.75) is 46.4 Å². The summed E-state index contributed by atoms with van der Waals surface area (Å²) in [6, 6.07) is 11.8. The Bertz CT molecular complexity index is 672. The van der Waals surface area contributed by atoms with Crippen molar-refractivity contribution in [2.75, 3.05) is 0 Å². The summed E-state index contributed by atoms with van der Waals surface area (Å²) >= 11 is 10.1. The van der Waals surface area contributed by atoms with Crippen LogP contribution in [0.25, 0.3) is 11.0 Å². The Labute approximate surface area is 150 Å². The summed E-state index contributed by atoms with van der Waals surface area (Å²) in [5.41, 5.74) is 3.17. The maximum Gasteiger partial charge on any atom is 0.138 e. The van der Waals surface area contributed by atoms with E-state index in [9.17, 15) is 0 Å². The van der Waals surface area contributed by atoms with Gasteiger partial charge in [-0.25, -0.2) is 4.98 Å². The summed E-state index contributed by atoms with van der Waals surface area (Å²) in [6.07, 6.45) is 1.70. The van der Waals surface area contributed by atoms with Gasteiger partial charge in [-0.15, -0.1) is 12.6 Å². The topological polar surface area (TPSA) is 28.7 Å². The lowest BCUT2D eigenvalue weighted by Gasteiger charge is -1.92. The molecule has 0 spiro atoms. The number of pyridine rings is 1. The molecule has 23 heavy (non-hydrogen) atoms. The van der Waals surface area contributed by atoms with Gasteiger partial charge in [0.1, 0.15) is 5.65 Å². The zero-order valence-electron chi connectivity index (χ0n) is 14.8. The molecule has 0 saturated carbocycles. The van der Waals surface area contributed by atoms with Crippen LogP contribution >= 0.6 is 24.2 Å². The molecule has 1 aromatic carbocycles. The standard InChI is InChI=1S/C8H7ClN2.C7H8S.2C2H6/c1-5-4-6-7(9)2-3-10-8(6)11-5;1-6-4-2-3-5-7(6)8;2*1-2/h2-4H,1H3,(H,10,11);2-5,8H,1H3;2*1-2H3. The van der Waals surface area contributed by atoms with E-state index in [1.54, 1.807) is 12.3 Å². The van der Waals surface area contributed by atoms with Gasteiger partial charge >= 0.3 is 0 Å². The summed E-state index contributed by atoms with van der Waals surface area (Å²) in [4.78, 5) is 8.29. The van der Waals surface area contributed by atoms with Crippen molar-refractivity contribution in [1.29, 1.82) is 0 Å². The molecule has 1 N–H and O–H groups in total. The third-order valence-electron chi connectivity index (χ3n) is 2.73. The number of benzene rings is 1. The van der Waals surface area contributed by atoms with Gasteiger partial charge in [-0.05, 0) is 37.6 Å². The smallest absolute Gasteiger partial charge is 0.138 e. The summed E-state index contributed by atoms with van der Waals surface area (Å²) in [7, 11) is 0. The third kappa shape index (κ3) is 7.10. The SMILES string of the molecule is CC.CC.Cc1cc2c(Cl)ccnc2[nH]1.Cc1ccccc1S. The van der Waals surface area contributed by atoms with Crippen molar-refractivity contribution >= 4 is 35.3 Å². The highest BCUT2D eigenvalue weighted by Crippen LogP contribution is 2.21. The Morgan fingerprint density at radius 2 is 1.61 bits per heavy atom. The molecular weight excluding hydrogens is 324 g/mol. The molecule has 0 aliphatic carbocycles. The second kappa shape index (κ2) is 12.0. The number of aryl methyl sites for hydroxylation is 2. The molecule has 0 saturated heterocycles. The van der Waals surface area contributed by atoms with Crippen LogP contribution < -0.4 is 0 Å². The number of rotatable bonds is 0. The number of nitrogens with zero attached hydrogens (tertiary/aromatic N) is 1. The molecule has 0 aliphatic heterocycles. The predicted octanol–water partition coefficient (Wildman–Crippen LogP) is 6.86. The Kier molecular flexibility index (Phi) is 11.3. The van der Waals surface area contributed by atoms with E-state index in [1.807, 2.05) is 71.9 Å². The van der Waals surface area contributed by atoms with Gasteiger partial charge in [0, 0.05) is 22.2 Å². The minimum atomic E-state index is 0.749. The molecule has 2 nitrogen and oxygen atoms in total. The van der Waals surface area contributed by atoms with Gasteiger partial charge in [0.15, 0.2) is 0 Å². The van der Waals surface area contributed by atoms with Crippen molar-refractivity contribution in [3.05, 3.63) is 58.9 Å². The van der Waals surface area contributed by atoms with Gasteiger partial charge in [-0.2, -0.15) is 0 Å². The number of hydrogen-bond acceptors (Lipinski definition) is 2. The lowest BCUT2D eigenvalue weighted by Crippen LogP contribution is -1.74. The van der Waals surface area contributed by atoms with E-state index >= 15 is 0 Å². The summed E-state index contributed by atoms with van der Waals surface area (Å²) in [5.74, 6) is 0. The molecule has 3 aromatic rings. The highest BCUT2D eigenvalue weighted by molar-refractivity contribution is 7.80. The summed E-state index contributed by atoms with van der Waals surface area (Å²) in [6.45, 7) is 12.0. The van der Waals surface area contributed by atoms with Crippen LogP contribution in [-0.4, -0.2) is 9.97 Å². The molecule has 0 atom stereocenters. The van der Waals surface area contributed by atoms with E-state index in [0.717, 1.165) is 26.6 Å². The largest absolute Gasteiger partial charge is 0.344 e. The molecular formula is C19H27ClN2S. The second-order valence-corrected chi connectivity index (χ2v) is 5.18. The van der Waals surface area contributed by atoms with Gasteiger partial charge in [-0.1, -0.05) is 57.5 Å². The Morgan fingerprint density at radius 1 is 1.00 bits per heavy atom. The van der Waals surface area contributed by atoms with Gasteiger partial charge in [0.25, 0.3) is 0 Å². The van der Waals surface area contributed by atoms with Crippen molar-refractivity contribution in [3.63, 3.8) is 0 Å². The molecule has 0 fully saturated rings. The number of aromatic nitrogens is 2. The molecule has 0 aliphatic rings. The molecule has 2 aromatic heterocycles. The molecule has 0 amide bonds. The van der Waals surface area contributed by atoms with Crippen molar-refractivity contribution < 1.29 is 0 Å². The number of hydrogen-bond donors (Lipinski definition) is 2. The number of thiol groups is 1. The Hall–Kier alpha value is -1.45.